The SMILES string of the molecule is CC(C)NC(=O)c1cccc(NC(C)c2ccc(Cl)s2)c1. The van der Waals surface area contributed by atoms with Gasteiger partial charge in [0.05, 0.1) is 10.4 Å². The van der Waals surface area contributed by atoms with Crippen molar-refractivity contribution in [3.05, 3.63) is 51.2 Å². The van der Waals surface area contributed by atoms with Gasteiger partial charge in [-0.25, -0.2) is 0 Å². The number of nitrogens with one attached hydrogen (secondary N) is 2. The molecule has 3 nitrogen and oxygen atoms in total. The maximum atomic E-state index is 12.0. The van der Waals surface area contributed by atoms with Crippen molar-refractivity contribution in [3.8, 4) is 0 Å². The number of benzene rings is 1. The van der Waals surface area contributed by atoms with Crippen LogP contribution in [0.25, 0.3) is 0 Å². The van der Waals surface area contributed by atoms with Crippen molar-refractivity contribution in [2.75, 3.05) is 5.32 Å². The Balaban J connectivity index is 2.09. The molecule has 112 valence electrons. The number of thiophene rings is 1. The molecule has 2 rings (SSSR count). The summed E-state index contributed by atoms with van der Waals surface area (Å²) in [5.41, 5.74) is 1.58. The fourth-order valence-corrected chi connectivity index (χ4v) is 3.04. The lowest BCUT2D eigenvalue weighted by atomic mass is 10.1. The first-order valence-electron chi connectivity index (χ1n) is 6.88. The lowest BCUT2D eigenvalue weighted by molar-refractivity contribution is 0.0943. The third-order valence-electron chi connectivity index (χ3n) is 2.95. The molecule has 1 aromatic carbocycles. The molecule has 1 unspecified atom stereocenters. The van der Waals surface area contributed by atoms with Crippen LogP contribution in [0.3, 0.4) is 0 Å². The summed E-state index contributed by atoms with van der Waals surface area (Å²) in [6.07, 6.45) is 0. The second-order valence-electron chi connectivity index (χ2n) is 5.22. The van der Waals surface area contributed by atoms with Crippen LogP contribution in [0.1, 0.15) is 42.0 Å². The Bertz CT molecular complexity index is 624. The normalized spacial score (nSPS) is 12.2. The van der Waals surface area contributed by atoms with Crippen LogP contribution in [-0.2, 0) is 0 Å². The monoisotopic (exact) mass is 322 g/mol. The Labute approximate surface area is 134 Å². The Morgan fingerprint density at radius 3 is 2.57 bits per heavy atom. The van der Waals surface area contributed by atoms with Crippen LogP contribution >= 0.6 is 22.9 Å². The molecule has 0 saturated carbocycles. The Morgan fingerprint density at radius 2 is 1.95 bits per heavy atom. The molecule has 0 bridgehead atoms. The van der Waals surface area contributed by atoms with Gasteiger partial charge in [0.25, 0.3) is 5.91 Å². The van der Waals surface area contributed by atoms with Gasteiger partial charge in [-0.1, -0.05) is 17.7 Å². The lowest BCUT2D eigenvalue weighted by Gasteiger charge is -2.15. The number of carbonyl (C=O) groups excluding carboxylic acids is 1. The summed E-state index contributed by atoms with van der Waals surface area (Å²) < 4.78 is 0.781. The highest BCUT2D eigenvalue weighted by Crippen LogP contribution is 2.29. The number of carbonyl (C=O) groups is 1. The second-order valence-corrected chi connectivity index (χ2v) is 6.96. The zero-order valence-electron chi connectivity index (χ0n) is 12.3. The summed E-state index contributed by atoms with van der Waals surface area (Å²) >= 11 is 7.52. The van der Waals surface area contributed by atoms with Gasteiger partial charge in [0.1, 0.15) is 0 Å². The van der Waals surface area contributed by atoms with Crippen LogP contribution < -0.4 is 10.6 Å². The average Bonchev–Trinajstić information content (AvgIpc) is 2.85. The minimum Gasteiger partial charge on any atom is -0.378 e. The zero-order chi connectivity index (χ0) is 15.4. The highest BCUT2D eigenvalue weighted by molar-refractivity contribution is 7.16. The number of hydrogen-bond donors (Lipinski definition) is 2. The minimum absolute atomic E-state index is 0.0551. The van der Waals surface area contributed by atoms with Gasteiger partial charge in [-0.3, -0.25) is 4.79 Å². The maximum Gasteiger partial charge on any atom is 0.251 e. The van der Waals surface area contributed by atoms with Crippen LogP contribution in [0, 0.1) is 0 Å². The molecule has 1 heterocycles. The number of hydrogen-bond acceptors (Lipinski definition) is 3. The van der Waals surface area contributed by atoms with Crippen LogP contribution in [0.5, 0.6) is 0 Å². The van der Waals surface area contributed by atoms with E-state index in [0.29, 0.717) is 5.56 Å². The Hall–Kier alpha value is -1.52. The molecular weight excluding hydrogens is 304 g/mol. The molecule has 2 aromatic rings. The lowest BCUT2D eigenvalue weighted by Crippen LogP contribution is -2.30. The highest BCUT2D eigenvalue weighted by atomic mass is 35.5. The molecule has 0 aliphatic rings. The quantitative estimate of drug-likeness (QED) is 0.836. The first-order chi connectivity index (χ1) is 9.95. The molecule has 2 N–H and O–H groups in total. The van der Waals surface area contributed by atoms with E-state index in [1.54, 1.807) is 11.3 Å². The summed E-state index contributed by atoms with van der Waals surface area (Å²) in [5, 5.41) is 6.28. The van der Waals surface area contributed by atoms with Gasteiger partial charge in [-0.05, 0) is 51.1 Å². The molecule has 1 amide bonds. The molecule has 0 saturated heterocycles. The van der Waals surface area contributed by atoms with Gasteiger partial charge < -0.3 is 10.6 Å². The van der Waals surface area contributed by atoms with E-state index in [9.17, 15) is 4.79 Å². The van der Waals surface area contributed by atoms with Crippen molar-refractivity contribution in [1.82, 2.24) is 5.32 Å². The summed E-state index contributed by atoms with van der Waals surface area (Å²) in [4.78, 5) is 13.2. The molecular formula is C16H19ClN2OS. The predicted molar refractivity (Wildman–Crippen MR) is 90.4 cm³/mol. The van der Waals surface area contributed by atoms with Crippen LogP contribution in [0.4, 0.5) is 5.69 Å². The van der Waals surface area contributed by atoms with E-state index in [4.69, 9.17) is 11.6 Å². The van der Waals surface area contributed by atoms with Gasteiger partial charge in [-0.15, -0.1) is 11.3 Å². The molecule has 0 fully saturated rings. The topological polar surface area (TPSA) is 41.1 Å². The van der Waals surface area contributed by atoms with Gasteiger partial charge in [0.15, 0.2) is 0 Å². The van der Waals surface area contributed by atoms with E-state index >= 15 is 0 Å². The molecule has 0 aliphatic heterocycles. The van der Waals surface area contributed by atoms with Crippen LogP contribution in [-0.4, -0.2) is 11.9 Å². The first-order valence-corrected chi connectivity index (χ1v) is 8.08. The van der Waals surface area contributed by atoms with E-state index in [-0.39, 0.29) is 18.0 Å². The third kappa shape index (κ3) is 4.48. The summed E-state index contributed by atoms with van der Waals surface area (Å²) in [6.45, 7) is 5.97. The fraction of sp³-hybridized carbons (Fsp3) is 0.312. The second kappa shape index (κ2) is 6.96. The molecule has 5 heteroatoms. The Kier molecular flexibility index (Phi) is 5.26. The maximum absolute atomic E-state index is 12.0. The van der Waals surface area contributed by atoms with Crippen molar-refractivity contribution < 1.29 is 4.79 Å². The number of anilines is 1. The number of rotatable bonds is 5. The van der Waals surface area contributed by atoms with Gasteiger partial charge in [0.2, 0.25) is 0 Å². The summed E-state index contributed by atoms with van der Waals surface area (Å²) in [5.74, 6) is -0.0551. The van der Waals surface area contributed by atoms with Crippen molar-refractivity contribution in [1.29, 1.82) is 0 Å². The zero-order valence-corrected chi connectivity index (χ0v) is 13.9. The third-order valence-corrected chi connectivity index (χ3v) is 4.36. The van der Waals surface area contributed by atoms with Gasteiger partial charge >= 0.3 is 0 Å². The molecule has 21 heavy (non-hydrogen) atoms. The molecule has 0 radical (unpaired) electrons. The number of amides is 1. The number of halogens is 1. The van der Waals surface area contributed by atoms with E-state index in [1.165, 1.54) is 0 Å². The molecule has 0 spiro atoms. The Morgan fingerprint density at radius 1 is 1.19 bits per heavy atom. The molecule has 1 aromatic heterocycles. The summed E-state index contributed by atoms with van der Waals surface area (Å²) in [7, 11) is 0. The van der Waals surface area contributed by atoms with Gasteiger partial charge in [-0.2, -0.15) is 0 Å². The first kappa shape index (κ1) is 15.9. The highest BCUT2D eigenvalue weighted by Gasteiger charge is 2.10. The van der Waals surface area contributed by atoms with Crippen molar-refractivity contribution in [2.45, 2.75) is 32.9 Å². The van der Waals surface area contributed by atoms with Crippen LogP contribution in [0.15, 0.2) is 36.4 Å². The van der Waals surface area contributed by atoms with E-state index in [0.717, 1.165) is 14.9 Å². The summed E-state index contributed by atoms with van der Waals surface area (Å²) in [6, 6.07) is 11.7. The predicted octanol–water partition coefficient (Wildman–Crippen LogP) is 4.71. The average molecular weight is 323 g/mol. The standard InChI is InChI=1S/C16H19ClN2OS/c1-10(2)18-16(20)12-5-4-6-13(9-12)19-11(3)14-7-8-15(17)21-14/h4-11,19H,1-3H3,(H,18,20). The smallest absolute Gasteiger partial charge is 0.251 e. The van der Waals surface area contributed by atoms with E-state index in [1.807, 2.05) is 50.2 Å². The van der Waals surface area contributed by atoms with Crippen LogP contribution in [0.2, 0.25) is 4.34 Å². The fourth-order valence-electron chi connectivity index (χ4n) is 1.98. The van der Waals surface area contributed by atoms with Crippen molar-refractivity contribution in [3.63, 3.8) is 0 Å². The van der Waals surface area contributed by atoms with Gasteiger partial charge in [0, 0.05) is 22.2 Å². The largest absolute Gasteiger partial charge is 0.378 e. The van der Waals surface area contributed by atoms with Crippen molar-refractivity contribution >= 4 is 34.5 Å². The molecule has 1 atom stereocenters. The van der Waals surface area contributed by atoms with E-state index < -0.39 is 0 Å². The minimum atomic E-state index is -0.0551. The van der Waals surface area contributed by atoms with Crippen molar-refractivity contribution in [2.24, 2.45) is 0 Å². The van der Waals surface area contributed by atoms with E-state index in [2.05, 4.69) is 17.6 Å². The molecule has 0 aliphatic carbocycles.